The molecule has 0 aliphatic heterocycles. The molecule has 0 radical (unpaired) electrons. The van der Waals surface area contributed by atoms with Crippen LogP contribution in [0, 0.1) is 0 Å². The zero-order chi connectivity index (χ0) is 28.9. The second-order valence-corrected chi connectivity index (χ2v) is 9.11. The largest absolute Gasteiger partial charge is 0.491 e. The van der Waals surface area contributed by atoms with Gasteiger partial charge in [-0.15, -0.1) is 0 Å². The molecule has 0 amide bonds. The Labute approximate surface area is 240 Å². The average Bonchev–Trinajstić information content (AvgIpc) is 3.02. The summed E-state index contributed by atoms with van der Waals surface area (Å²) in [5, 5.41) is 37.5. The molecule has 0 aliphatic rings. The number of rotatable bonds is 16. The Balaban J connectivity index is 1.86. The van der Waals surface area contributed by atoms with Crippen LogP contribution in [0.25, 0.3) is 11.1 Å². The normalized spacial score (nSPS) is 11.0. The zero-order valence-electron chi connectivity index (χ0n) is 22.8. The van der Waals surface area contributed by atoms with E-state index in [4.69, 9.17) is 18.9 Å². The smallest absolute Gasteiger partial charge is 0.127 e. The summed E-state index contributed by atoms with van der Waals surface area (Å²) in [4.78, 5) is 0. The summed E-state index contributed by atoms with van der Waals surface area (Å²) in [7, 11) is 0. The van der Waals surface area contributed by atoms with E-state index in [0.29, 0.717) is 23.0 Å². The zero-order valence-corrected chi connectivity index (χ0v) is 22.8. The van der Waals surface area contributed by atoms with E-state index in [9.17, 15) is 20.4 Å². The molecule has 0 spiro atoms. The highest BCUT2D eigenvalue weighted by atomic mass is 16.5. The lowest BCUT2D eigenvalue weighted by Crippen LogP contribution is -2.12. The van der Waals surface area contributed by atoms with Gasteiger partial charge in [0, 0.05) is 29.2 Å². The van der Waals surface area contributed by atoms with E-state index in [1.54, 1.807) is 12.1 Å². The lowest BCUT2D eigenvalue weighted by molar-refractivity contribution is 0.193. The number of ether oxygens (including phenoxy) is 4. The number of hydrogen-bond acceptors (Lipinski definition) is 8. The van der Waals surface area contributed by atoms with Gasteiger partial charge in [-0.2, -0.15) is 0 Å². The van der Waals surface area contributed by atoms with Gasteiger partial charge in [-0.1, -0.05) is 66.7 Å². The van der Waals surface area contributed by atoms with Crippen LogP contribution in [0.1, 0.15) is 22.6 Å². The van der Waals surface area contributed by atoms with Crippen molar-refractivity contribution in [3.05, 3.63) is 108 Å². The van der Waals surface area contributed by atoms with Gasteiger partial charge in [0.25, 0.3) is 0 Å². The van der Waals surface area contributed by atoms with Gasteiger partial charge >= 0.3 is 0 Å². The van der Waals surface area contributed by atoms with E-state index in [2.05, 4.69) is 36.4 Å². The Kier molecular flexibility index (Phi) is 11.4. The van der Waals surface area contributed by atoms with E-state index in [0.717, 1.165) is 27.8 Å². The number of hydrogen-bond donors (Lipinski definition) is 4. The topological polar surface area (TPSA) is 118 Å². The second-order valence-electron chi connectivity index (χ2n) is 9.11. The molecular formula is C33H36O8. The molecular weight excluding hydrogens is 524 g/mol. The van der Waals surface area contributed by atoms with Crippen LogP contribution in [-0.4, -0.2) is 73.3 Å². The molecule has 8 nitrogen and oxygen atoms in total. The van der Waals surface area contributed by atoms with Crippen molar-refractivity contribution < 1.29 is 39.4 Å². The van der Waals surface area contributed by atoms with E-state index in [-0.39, 0.29) is 58.8 Å². The van der Waals surface area contributed by atoms with Crippen molar-refractivity contribution in [1.29, 1.82) is 0 Å². The molecule has 0 heterocycles. The van der Waals surface area contributed by atoms with Crippen LogP contribution in [0.2, 0.25) is 0 Å². The van der Waals surface area contributed by atoms with Gasteiger partial charge in [0.1, 0.15) is 49.4 Å². The van der Waals surface area contributed by atoms with Gasteiger partial charge in [-0.25, -0.2) is 0 Å². The monoisotopic (exact) mass is 560 g/mol. The lowest BCUT2D eigenvalue weighted by Gasteiger charge is -2.25. The van der Waals surface area contributed by atoms with Crippen molar-refractivity contribution in [3.8, 4) is 34.1 Å². The molecule has 0 atom stereocenters. The summed E-state index contributed by atoms with van der Waals surface area (Å²) >= 11 is 0. The van der Waals surface area contributed by atoms with Crippen molar-refractivity contribution in [2.45, 2.75) is 5.92 Å². The van der Waals surface area contributed by atoms with Gasteiger partial charge in [-0.05, 0) is 28.8 Å². The molecule has 4 aromatic carbocycles. The van der Waals surface area contributed by atoms with Crippen LogP contribution < -0.4 is 18.9 Å². The second kappa shape index (κ2) is 15.6. The molecule has 0 fully saturated rings. The van der Waals surface area contributed by atoms with Gasteiger partial charge in [0.2, 0.25) is 0 Å². The fourth-order valence-corrected chi connectivity index (χ4v) is 4.60. The minimum absolute atomic E-state index is 0.0813. The van der Waals surface area contributed by atoms with Crippen molar-refractivity contribution in [2.24, 2.45) is 0 Å². The Morgan fingerprint density at radius 1 is 0.463 bits per heavy atom. The summed E-state index contributed by atoms with van der Waals surface area (Å²) in [6.07, 6.45) is 0. The van der Waals surface area contributed by atoms with Crippen molar-refractivity contribution in [2.75, 3.05) is 52.9 Å². The predicted octanol–water partition coefficient (Wildman–Crippen LogP) is 4.02. The Morgan fingerprint density at radius 3 is 1.37 bits per heavy atom. The Bertz CT molecular complexity index is 1280. The van der Waals surface area contributed by atoms with E-state index < -0.39 is 0 Å². The van der Waals surface area contributed by atoms with Crippen LogP contribution in [0.15, 0.2) is 91.0 Å². The SMILES string of the molecule is OCCOc1ccc(C(c2ccc(-c3ccccc3)cc2)c2ccc(OCCO)cc2OCCO)c(OCCO)c1. The lowest BCUT2D eigenvalue weighted by atomic mass is 9.83. The third kappa shape index (κ3) is 7.99. The van der Waals surface area contributed by atoms with Crippen LogP contribution in [-0.2, 0) is 0 Å². The first-order valence-corrected chi connectivity index (χ1v) is 13.6. The van der Waals surface area contributed by atoms with E-state index in [1.807, 2.05) is 42.5 Å². The highest BCUT2D eigenvalue weighted by molar-refractivity contribution is 5.65. The summed E-state index contributed by atoms with van der Waals surface area (Å²) in [6.45, 7) is -0.147. The maximum absolute atomic E-state index is 9.52. The van der Waals surface area contributed by atoms with Gasteiger partial charge in [0.05, 0.1) is 26.4 Å². The van der Waals surface area contributed by atoms with E-state index in [1.165, 1.54) is 0 Å². The minimum Gasteiger partial charge on any atom is -0.491 e. The average molecular weight is 561 g/mol. The van der Waals surface area contributed by atoms with Crippen LogP contribution in [0.3, 0.4) is 0 Å². The molecule has 4 N–H and O–H groups in total. The summed E-state index contributed by atoms with van der Waals surface area (Å²) in [5.41, 5.74) is 4.74. The van der Waals surface area contributed by atoms with Gasteiger partial charge in [-0.3, -0.25) is 0 Å². The van der Waals surface area contributed by atoms with E-state index >= 15 is 0 Å². The van der Waals surface area contributed by atoms with Gasteiger partial charge in [0.15, 0.2) is 0 Å². The molecule has 0 saturated carbocycles. The minimum atomic E-state index is -0.374. The van der Waals surface area contributed by atoms with Crippen molar-refractivity contribution >= 4 is 0 Å². The Morgan fingerprint density at radius 2 is 0.902 bits per heavy atom. The fraction of sp³-hybridized carbons (Fsp3) is 0.273. The van der Waals surface area contributed by atoms with Crippen LogP contribution in [0.5, 0.6) is 23.0 Å². The molecule has 4 aromatic rings. The standard InChI is InChI=1S/C33H36O8/c34-14-18-38-27-10-12-29(31(22-27)40-20-16-36)33(26-8-6-25(7-9-26)24-4-2-1-3-5-24)30-13-11-28(39-19-15-35)23-32(30)41-21-17-37/h1-13,22-23,33-37H,14-21H2. The molecule has 0 bridgehead atoms. The fourth-order valence-electron chi connectivity index (χ4n) is 4.60. The summed E-state index contributed by atoms with van der Waals surface area (Å²) in [6, 6.07) is 29.3. The highest BCUT2D eigenvalue weighted by Gasteiger charge is 2.25. The third-order valence-corrected chi connectivity index (χ3v) is 6.36. The van der Waals surface area contributed by atoms with Crippen molar-refractivity contribution in [1.82, 2.24) is 0 Å². The maximum atomic E-state index is 9.52. The third-order valence-electron chi connectivity index (χ3n) is 6.36. The molecule has 41 heavy (non-hydrogen) atoms. The number of aliphatic hydroxyl groups excluding tert-OH is 4. The molecule has 0 unspecified atom stereocenters. The molecule has 0 aromatic heterocycles. The van der Waals surface area contributed by atoms with Crippen molar-refractivity contribution in [3.63, 3.8) is 0 Å². The molecule has 0 saturated heterocycles. The molecule has 216 valence electrons. The number of benzene rings is 4. The first-order valence-electron chi connectivity index (χ1n) is 13.6. The van der Waals surface area contributed by atoms with Gasteiger partial charge < -0.3 is 39.4 Å². The predicted molar refractivity (Wildman–Crippen MR) is 156 cm³/mol. The first-order chi connectivity index (χ1) is 20.2. The quantitative estimate of drug-likeness (QED) is 0.152. The molecule has 8 heteroatoms. The summed E-state index contributed by atoms with van der Waals surface area (Å²) in [5.74, 6) is 1.71. The molecule has 0 aliphatic carbocycles. The number of aliphatic hydroxyl groups is 4. The highest BCUT2D eigenvalue weighted by Crippen LogP contribution is 2.44. The summed E-state index contributed by atoms with van der Waals surface area (Å²) < 4.78 is 23.3. The first kappa shape index (κ1) is 29.9. The maximum Gasteiger partial charge on any atom is 0.127 e. The van der Waals surface area contributed by atoms with Crippen LogP contribution >= 0.6 is 0 Å². The van der Waals surface area contributed by atoms with Crippen LogP contribution in [0.4, 0.5) is 0 Å². The Hall–Kier alpha value is -4.08. The molecule has 4 rings (SSSR count).